The highest BCUT2D eigenvalue weighted by Crippen LogP contribution is 2.36. The number of anilines is 1. The molecule has 3 rings (SSSR count). The molecule has 2 amide bonds. The summed E-state index contributed by atoms with van der Waals surface area (Å²) in [7, 11) is 1.39. The molecule has 1 N–H and O–H groups in total. The van der Waals surface area contributed by atoms with Crippen LogP contribution in [-0.2, 0) is 19.1 Å². The maximum atomic E-state index is 12.7. The van der Waals surface area contributed by atoms with Crippen LogP contribution in [0.2, 0.25) is 0 Å². The van der Waals surface area contributed by atoms with E-state index in [0.29, 0.717) is 0 Å². The van der Waals surface area contributed by atoms with E-state index in [0.717, 1.165) is 4.90 Å². The van der Waals surface area contributed by atoms with Gasteiger partial charge >= 0.3 is 5.97 Å². The summed E-state index contributed by atoms with van der Waals surface area (Å²) in [4.78, 5) is 49.5. The number of nitro groups is 1. The molecule has 0 radical (unpaired) electrons. The third kappa shape index (κ3) is 3.48. The first kappa shape index (κ1) is 19.5. The molecule has 2 aliphatic heterocycles. The van der Waals surface area contributed by atoms with Crippen LogP contribution in [-0.4, -0.2) is 72.7 Å². The monoisotopic (exact) mass is 393 g/mol. The van der Waals surface area contributed by atoms with Gasteiger partial charge in [0.1, 0.15) is 17.7 Å². The Kier molecular flexibility index (Phi) is 5.18. The summed E-state index contributed by atoms with van der Waals surface area (Å²) in [6, 6.07) is 3.80. The molecule has 1 saturated heterocycles. The van der Waals surface area contributed by atoms with Crippen LogP contribution in [0.4, 0.5) is 11.4 Å². The second-order valence-electron chi connectivity index (χ2n) is 6.76. The van der Waals surface area contributed by atoms with Gasteiger partial charge in [-0.05, 0) is 12.5 Å². The lowest BCUT2D eigenvalue weighted by Gasteiger charge is -2.30. The summed E-state index contributed by atoms with van der Waals surface area (Å²) in [6.07, 6.45) is 0.237. The van der Waals surface area contributed by atoms with Crippen molar-refractivity contribution >= 4 is 29.2 Å². The minimum atomic E-state index is -1.18. The third-order valence-corrected chi connectivity index (χ3v) is 4.97. The van der Waals surface area contributed by atoms with Crippen molar-refractivity contribution in [1.29, 1.82) is 0 Å². The molecule has 0 spiro atoms. The van der Waals surface area contributed by atoms with E-state index in [-0.39, 0.29) is 56.4 Å². The molecule has 0 saturated carbocycles. The zero-order valence-electron chi connectivity index (χ0n) is 15.1. The summed E-state index contributed by atoms with van der Waals surface area (Å²) in [6.45, 7) is -0.498. The number of likely N-dealkylation sites (tertiary alicyclic amines) is 1. The Morgan fingerprint density at radius 2 is 2.18 bits per heavy atom. The summed E-state index contributed by atoms with van der Waals surface area (Å²) < 4.78 is 10.3. The fraction of sp³-hybridized carbons (Fsp3) is 0.471. The predicted molar refractivity (Wildman–Crippen MR) is 94.1 cm³/mol. The van der Waals surface area contributed by atoms with Crippen molar-refractivity contribution < 1.29 is 33.9 Å². The van der Waals surface area contributed by atoms with Gasteiger partial charge in [0.2, 0.25) is 5.91 Å². The van der Waals surface area contributed by atoms with Crippen LogP contribution in [0, 0.1) is 15.5 Å². The van der Waals surface area contributed by atoms with Gasteiger partial charge in [0, 0.05) is 32.3 Å². The van der Waals surface area contributed by atoms with Crippen molar-refractivity contribution in [2.75, 3.05) is 44.9 Å². The van der Waals surface area contributed by atoms with Crippen molar-refractivity contribution in [3.63, 3.8) is 0 Å². The van der Waals surface area contributed by atoms with Gasteiger partial charge in [0.15, 0.2) is 6.61 Å². The molecule has 150 valence electrons. The summed E-state index contributed by atoms with van der Waals surface area (Å²) >= 11 is 0. The Labute approximate surface area is 159 Å². The average molecular weight is 393 g/mol. The lowest BCUT2D eigenvalue weighted by atomic mass is 9.88. The van der Waals surface area contributed by atoms with Crippen LogP contribution in [0.3, 0.4) is 0 Å². The maximum absolute atomic E-state index is 12.7. The molecule has 28 heavy (non-hydrogen) atoms. The number of rotatable bonds is 6. The smallest absolute Gasteiger partial charge is 0.313 e. The maximum Gasteiger partial charge on any atom is 0.313 e. The van der Waals surface area contributed by atoms with E-state index >= 15 is 0 Å². The van der Waals surface area contributed by atoms with Gasteiger partial charge in [0.05, 0.1) is 17.2 Å². The van der Waals surface area contributed by atoms with Crippen LogP contribution < -0.4 is 9.64 Å². The van der Waals surface area contributed by atoms with Gasteiger partial charge in [-0.25, -0.2) is 0 Å². The first-order valence-corrected chi connectivity index (χ1v) is 8.49. The van der Waals surface area contributed by atoms with Crippen LogP contribution in [0.15, 0.2) is 18.2 Å². The highest BCUT2D eigenvalue weighted by atomic mass is 16.6. The summed E-state index contributed by atoms with van der Waals surface area (Å²) in [5.74, 6) is -1.75. The second-order valence-corrected chi connectivity index (χ2v) is 6.76. The second kappa shape index (κ2) is 7.43. The lowest BCUT2D eigenvalue weighted by molar-refractivity contribution is -0.384. The average Bonchev–Trinajstić information content (AvgIpc) is 3.09. The number of methoxy groups -OCH3 is 1. The normalized spacial score (nSPS) is 21.2. The van der Waals surface area contributed by atoms with Gasteiger partial charge in [-0.1, -0.05) is 0 Å². The number of fused-ring (bicyclic) bond motifs is 1. The van der Waals surface area contributed by atoms with Gasteiger partial charge in [-0.3, -0.25) is 29.4 Å². The van der Waals surface area contributed by atoms with Crippen LogP contribution in [0.25, 0.3) is 0 Å². The number of nitro benzene ring substituents is 1. The Morgan fingerprint density at radius 3 is 2.82 bits per heavy atom. The fourth-order valence-corrected chi connectivity index (χ4v) is 3.43. The molecule has 1 unspecified atom stereocenters. The van der Waals surface area contributed by atoms with E-state index in [1.165, 1.54) is 30.2 Å². The van der Waals surface area contributed by atoms with E-state index < -0.39 is 28.1 Å². The Balaban J connectivity index is 1.80. The van der Waals surface area contributed by atoms with Gasteiger partial charge < -0.3 is 19.5 Å². The summed E-state index contributed by atoms with van der Waals surface area (Å²) in [5.41, 5.74) is -1.28. The van der Waals surface area contributed by atoms with E-state index in [1.54, 1.807) is 0 Å². The first-order valence-electron chi connectivity index (χ1n) is 8.49. The molecule has 1 fully saturated rings. The van der Waals surface area contributed by atoms with Crippen molar-refractivity contribution in [3.05, 3.63) is 28.3 Å². The lowest BCUT2D eigenvalue weighted by Crippen LogP contribution is -2.47. The van der Waals surface area contributed by atoms with Crippen molar-refractivity contribution in [1.82, 2.24) is 4.90 Å². The first-order chi connectivity index (χ1) is 13.3. The van der Waals surface area contributed by atoms with E-state index in [2.05, 4.69) is 0 Å². The number of nitrogens with zero attached hydrogens (tertiary/aromatic N) is 3. The highest BCUT2D eigenvalue weighted by molar-refractivity contribution is 6.02. The molecule has 11 nitrogen and oxygen atoms in total. The minimum absolute atomic E-state index is 0.0301. The Bertz CT molecular complexity index is 842. The number of amides is 2. The highest BCUT2D eigenvalue weighted by Gasteiger charge is 2.46. The fourth-order valence-electron chi connectivity index (χ4n) is 3.43. The number of hydrogen-bond acceptors (Lipinski definition) is 7. The number of carbonyl (C=O) groups is 3. The SMILES string of the molecule is COCC1(C(=O)O)CCN(C(=O)CN2C(=O)COc3ccc([N+](=O)[O-])cc32)C1. The van der Waals surface area contributed by atoms with Crippen LogP contribution >= 0.6 is 0 Å². The number of carboxylic acids is 1. The third-order valence-electron chi connectivity index (χ3n) is 4.97. The quantitative estimate of drug-likeness (QED) is 0.537. The Morgan fingerprint density at radius 1 is 1.43 bits per heavy atom. The van der Waals surface area contributed by atoms with Gasteiger partial charge in [-0.2, -0.15) is 0 Å². The molecule has 1 aromatic rings. The van der Waals surface area contributed by atoms with E-state index in [9.17, 15) is 29.6 Å². The topological polar surface area (TPSA) is 140 Å². The molecule has 0 bridgehead atoms. The molecular formula is C17H19N3O8. The number of carboxylic acid groups (broad SMARTS) is 1. The number of ether oxygens (including phenoxy) is 2. The molecule has 2 heterocycles. The number of benzene rings is 1. The molecule has 2 aliphatic rings. The van der Waals surface area contributed by atoms with Gasteiger partial charge in [0.25, 0.3) is 11.6 Å². The minimum Gasteiger partial charge on any atom is -0.482 e. The number of aliphatic carboxylic acids is 1. The van der Waals surface area contributed by atoms with Gasteiger partial charge in [-0.15, -0.1) is 0 Å². The van der Waals surface area contributed by atoms with Crippen molar-refractivity contribution in [2.24, 2.45) is 5.41 Å². The molecule has 0 aromatic heterocycles. The number of non-ortho nitro benzene ring substituents is 1. The summed E-state index contributed by atoms with van der Waals surface area (Å²) in [5, 5.41) is 20.5. The van der Waals surface area contributed by atoms with Crippen LogP contribution in [0.1, 0.15) is 6.42 Å². The molecular weight excluding hydrogens is 374 g/mol. The number of hydrogen-bond donors (Lipinski definition) is 1. The standard InChI is InChI=1S/C17H19N3O8/c1-27-10-17(16(23)24)4-5-18(9-17)14(21)7-19-12-6-11(20(25)26)2-3-13(12)28-8-15(19)22/h2-3,6H,4-5,7-10H2,1H3,(H,23,24). The van der Waals surface area contributed by atoms with E-state index in [4.69, 9.17) is 9.47 Å². The van der Waals surface area contributed by atoms with Crippen molar-refractivity contribution in [3.8, 4) is 5.75 Å². The zero-order valence-corrected chi connectivity index (χ0v) is 15.1. The zero-order chi connectivity index (χ0) is 20.5. The van der Waals surface area contributed by atoms with Crippen molar-refractivity contribution in [2.45, 2.75) is 6.42 Å². The number of carbonyl (C=O) groups excluding carboxylic acids is 2. The largest absolute Gasteiger partial charge is 0.482 e. The molecule has 1 atom stereocenters. The molecule has 11 heteroatoms. The predicted octanol–water partition coefficient (Wildman–Crippen LogP) is 0.270. The Hall–Kier alpha value is -3.21. The molecule has 0 aliphatic carbocycles. The van der Waals surface area contributed by atoms with E-state index in [1.807, 2.05) is 0 Å². The van der Waals surface area contributed by atoms with Crippen LogP contribution in [0.5, 0.6) is 5.75 Å². The molecule has 1 aromatic carbocycles.